The van der Waals surface area contributed by atoms with Crippen molar-refractivity contribution in [2.24, 2.45) is 11.8 Å². The molecule has 1 aromatic rings. The molecule has 1 aliphatic rings. The van der Waals surface area contributed by atoms with Crippen molar-refractivity contribution in [3.63, 3.8) is 0 Å². The van der Waals surface area contributed by atoms with E-state index in [2.05, 4.69) is 17.6 Å². The van der Waals surface area contributed by atoms with Gasteiger partial charge in [-0.15, -0.1) is 0 Å². The normalized spacial score (nSPS) is 23.7. The van der Waals surface area contributed by atoms with Crippen molar-refractivity contribution in [3.8, 4) is 0 Å². The number of halogens is 2. The van der Waals surface area contributed by atoms with E-state index < -0.39 is 0 Å². The Morgan fingerprint density at radius 1 is 1.41 bits per heavy atom. The zero-order chi connectivity index (χ0) is 12.4. The molecule has 2 unspecified atom stereocenters. The van der Waals surface area contributed by atoms with Gasteiger partial charge in [0.15, 0.2) is 0 Å². The van der Waals surface area contributed by atoms with E-state index in [-0.39, 0.29) is 11.8 Å². The smallest absolute Gasteiger partial charge is 0.229 e. The summed E-state index contributed by atoms with van der Waals surface area (Å²) in [7, 11) is 0. The maximum Gasteiger partial charge on any atom is 0.229 e. The Kier molecular flexibility index (Phi) is 3.92. The Morgan fingerprint density at radius 3 is 2.82 bits per heavy atom. The summed E-state index contributed by atoms with van der Waals surface area (Å²) in [6, 6.07) is 5.21. The van der Waals surface area contributed by atoms with Crippen LogP contribution in [0.4, 0.5) is 5.69 Å². The van der Waals surface area contributed by atoms with E-state index in [1.165, 1.54) is 0 Å². The van der Waals surface area contributed by atoms with E-state index >= 15 is 0 Å². The lowest BCUT2D eigenvalue weighted by Gasteiger charge is -2.15. The van der Waals surface area contributed by atoms with Crippen LogP contribution in [0, 0.1) is 11.8 Å². The summed E-state index contributed by atoms with van der Waals surface area (Å²) in [6.07, 6.45) is 0. The highest BCUT2D eigenvalue weighted by atomic mass is 35.5. The largest absolute Gasteiger partial charge is 0.324 e. The fraction of sp³-hybridized carbons (Fsp3) is 0.417. The first kappa shape index (κ1) is 12.7. The van der Waals surface area contributed by atoms with Crippen LogP contribution in [0.25, 0.3) is 0 Å². The van der Waals surface area contributed by atoms with Crippen LogP contribution in [0.3, 0.4) is 0 Å². The van der Waals surface area contributed by atoms with Gasteiger partial charge in [-0.3, -0.25) is 4.79 Å². The molecule has 1 amide bonds. The second-order valence-corrected chi connectivity index (χ2v) is 5.12. The molecule has 1 aliphatic heterocycles. The Hall–Kier alpha value is -0.770. The van der Waals surface area contributed by atoms with Gasteiger partial charge in [-0.1, -0.05) is 36.2 Å². The summed E-state index contributed by atoms with van der Waals surface area (Å²) in [5.74, 6) is 0.324. The molecule has 0 saturated carbocycles. The van der Waals surface area contributed by atoms with Crippen molar-refractivity contribution < 1.29 is 4.79 Å². The number of carbonyl (C=O) groups excluding carboxylic acids is 1. The molecule has 17 heavy (non-hydrogen) atoms. The molecule has 1 saturated heterocycles. The van der Waals surface area contributed by atoms with E-state index in [4.69, 9.17) is 23.2 Å². The fourth-order valence-electron chi connectivity index (χ4n) is 1.99. The van der Waals surface area contributed by atoms with Crippen molar-refractivity contribution in [3.05, 3.63) is 28.2 Å². The Balaban J connectivity index is 2.10. The molecule has 1 aromatic carbocycles. The van der Waals surface area contributed by atoms with Gasteiger partial charge in [0, 0.05) is 6.54 Å². The minimum absolute atomic E-state index is 0.00772. The highest BCUT2D eigenvalue weighted by molar-refractivity contribution is 6.44. The molecule has 1 heterocycles. The molecule has 1 fully saturated rings. The minimum Gasteiger partial charge on any atom is -0.324 e. The highest BCUT2D eigenvalue weighted by Crippen LogP contribution is 2.30. The van der Waals surface area contributed by atoms with E-state index in [1.54, 1.807) is 18.2 Å². The van der Waals surface area contributed by atoms with E-state index in [0.717, 1.165) is 6.54 Å². The van der Waals surface area contributed by atoms with Crippen LogP contribution in [0.5, 0.6) is 0 Å². The summed E-state index contributed by atoms with van der Waals surface area (Å²) < 4.78 is 0. The maximum absolute atomic E-state index is 12.0. The fourth-order valence-corrected chi connectivity index (χ4v) is 2.33. The molecule has 5 heteroatoms. The summed E-state index contributed by atoms with van der Waals surface area (Å²) in [4.78, 5) is 12.0. The van der Waals surface area contributed by atoms with Crippen LogP contribution in [0.2, 0.25) is 10.0 Å². The molecule has 2 rings (SSSR count). The average Bonchev–Trinajstić information content (AvgIpc) is 2.71. The molecule has 3 nitrogen and oxygen atoms in total. The maximum atomic E-state index is 12.0. The molecule has 92 valence electrons. The number of carbonyl (C=O) groups is 1. The zero-order valence-electron chi connectivity index (χ0n) is 9.47. The summed E-state index contributed by atoms with van der Waals surface area (Å²) in [6.45, 7) is 3.65. The molecular weight excluding hydrogens is 259 g/mol. The Labute approximate surface area is 110 Å². The molecule has 0 radical (unpaired) electrons. The monoisotopic (exact) mass is 272 g/mol. The van der Waals surface area contributed by atoms with E-state index in [0.29, 0.717) is 28.2 Å². The molecular formula is C12H14Cl2N2O. The molecule has 0 aliphatic carbocycles. The van der Waals surface area contributed by atoms with Gasteiger partial charge in [0.25, 0.3) is 0 Å². The van der Waals surface area contributed by atoms with Crippen molar-refractivity contribution in [2.75, 3.05) is 18.4 Å². The lowest BCUT2D eigenvalue weighted by atomic mass is 9.97. The van der Waals surface area contributed by atoms with Crippen LogP contribution >= 0.6 is 23.2 Å². The van der Waals surface area contributed by atoms with E-state index in [1.807, 2.05) is 0 Å². The minimum atomic E-state index is -0.00921. The van der Waals surface area contributed by atoms with Gasteiger partial charge in [0.2, 0.25) is 5.91 Å². The van der Waals surface area contributed by atoms with Crippen LogP contribution < -0.4 is 10.6 Å². The van der Waals surface area contributed by atoms with Crippen molar-refractivity contribution in [1.29, 1.82) is 0 Å². The molecule has 2 atom stereocenters. The van der Waals surface area contributed by atoms with Crippen LogP contribution in [-0.2, 0) is 4.79 Å². The van der Waals surface area contributed by atoms with Crippen LogP contribution in [0.1, 0.15) is 6.92 Å². The Morgan fingerprint density at radius 2 is 2.18 bits per heavy atom. The van der Waals surface area contributed by atoms with Gasteiger partial charge in [-0.05, 0) is 24.6 Å². The van der Waals surface area contributed by atoms with E-state index in [9.17, 15) is 4.79 Å². The standard InChI is InChI=1S/C12H14Cl2N2O/c1-7-5-15-6-8(7)12(17)16-10-4-2-3-9(13)11(10)14/h2-4,7-8,15H,5-6H2,1H3,(H,16,17). The first-order valence-electron chi connectivity index (χ1n) is 5.55. The SMILES string of the molecule is CC1CNCC1C(=O)Nc1cccc(Cl)c1Cl. The van der Waals surface area contributed by atoms with Crippen molar-refractivity contribution >= 4 is 34.8 Å². The predicted octanol–water partition coefficient (Wildman–Crippen LogP) is 2.79. The quantitative estimate of drug-likeness (QED) is 0.870. The van der Waals surface area contributed by atoms with Gasteiger partial charge in [-0.25, -0.2) is 0 Å². The highest BCUT2D eigenvalue weighted by Gasteiger charge is 2.29. The van der Waals surface area contributed by atoms with Gasteiger partial charge in [0.1, 0.15) is 0 Å². The van der Waals surface area contributed by atoms with Crippen LogP contribution in [-0.4, -0.2) is 19.0 Å². The molecule has 0 aromatic heterocycles. The number of hydrogen-bond donors (Lipinski definition) is 2. The first-order chi connectivity index (χ1) is 8.09. The summed E-state index contributed by atoms with van der Waals surface area (Å²) in [5.41, 5.74) is 0.572. The molecule has 0 spiro atoms. The molecule has 2 N–H and O–H groups in total. The third-order valence-corrected chi connectivity index (χ3v) is 3.88. The zero-order valence-corrected chi connectivity index (χ0v) is 11.0. The average molecular weight is 273 g/mol. The van der Waals surface area contributed by atoms with Crippen molar-refractivity contribution in [2.45, 2.75) is 6.92 Å². The topological polar surface area (TPSA) is 41.1 Å². The van der Waals surface area contributed by atoms with Gasteiger partial charge in [-0.2, -0.15) is 0 Å². The number of benzene rings is 1. The molecule has 0 bridgehead atoms. The first-order valence-corrected chi connectivity index (χ1v) is 6.30. The second-order valence-electron chi connectivity index (χ2n) is 4.33. The lowest BCUT2D eigenvalue weighted by Crippen LogP contribution is -2.27. The number of rotatable bonds is 2. The number of nitrogens with one attached hydrogen (secondary N) is 2. The third kappa shape index (κ3) is 2.73. The van der Waals surface area contributed by atoms with Gasteiger partial charge in [0.05, 0.1) is 21.7 Å². The summed E-state index contributed by atoms with van der Waals surface area (Å²) >= 11 is 11.9. The number of hydrogen-bond acceptors (Lipinski definition) is 2. The lowest BCUT2D eigenvalue weighted by molar-refractivity contribution is -0.120. The Bertz CT molecular complexity index is 437. The summed E-state index contributed by atoms with van der Waals surface area (Å²) in [5, 5.41) is 6.86. The second kappa shape index (κ2) is 5.25. The van der Waals surface area contributed by atoms with Crippen LogP contribution in [0.15, 0.2) is 18.2 Å². The number of anilines is 1. The van der Waals surface area contributed by atoms with Gasteiger partial charge < -0.3 is 10.6 Å². The van der Waals surface area contributed by atoms with Gasteiger partial charge >= 0.3 is 0 Å². The third-order valence-electron chi connectivity index (χ3n) is 3.06. The van der Waals surface area contributed by atoms with Crippen molar-refractivity contribution in [1.82, 2.24) is 5.32 Å². The number of amides is 1. The predicted molar refractivity (Wildman–Crippen MR) is 70.6 cm³/mol.